The molecule has 3 aromatic carbocycles. The summed E-state index contributed by atoms with van der Waals surface area (Å²) in [7, 11) is 0. The van der Waals surface area contributed by atoms with Gasteiger partial charge < -0.3 is 25.6 Å². The Morgan fingerprint density at radius 2 is 1.84 bits per heavy atom. The van der Waals surface area contributed by atoms with Crippen molar-refractivity contribution in [1.82, 2.24) is 0 Å². The van der Waals surface area contributed by atoms with E-state index in [1.54, 1.807) is 67.2 Å². The predicted molar refractivity (Wildman–Crippen MR) is 151 cm³/mol. The first-order valence-electron chi connectivity index (χ1n) is 11.4. The van der Waals surface area contributed by atoms with E-state index in [1.165, 1.54) is 18.2 Å². The molecule has 8 nitrogen and oxygen atoms in total. The molecule has 0 saturated heterocycles. The Labute approximate surface area is 228 Å². The number of benzene rings is 3. The number of anilines is 3. The second-order valence-corrected chi connectivity index (χ2v) is 9.53. The van der Waals surface area contributed by atoms with Gasteiger partial charge in [-0.15, -0.1) is 11.8 Å². The summed E-state index contributed by atoms with van der Waals surface area (Å²) in [6.07, 6.45) is 1.99. The highest BCUT2D eigenvalue weighted by Gasteiger charge is 2.29. The predicted octanol–water partition coefficient (Wildman–Crippen LogP) is 6.35. The molecule has 0 saturated carbocycles. The Hall–Kier alpha value is -3.47. The largest absolute Gasteiger partial charge is 0.508 e. The lowest BCUT2D eigenvalue weighted by atomic mass is 10.0. The summed E-state index contributed by atoms with van der Waals surface area (Å²) in [5, 5.41) is 16.0. The molecule has 10 heteroatoms. The van der Waals surface area contributed by atoms with E-state index in [1.807, 2.05) is 18.4 Å². The molecule has 0 heterocycles. The van der Waals surface area contributed by atoms with Crippen LogP contribution in [0.4, 0.5) is 21.9 Å². The van der Waals surface area contributed by atoms with Crippen molar-refractivity contribution in [1.29, 1.82) is 0 Å². The highest BCUT2D eigenvalue weighted by molar-refractivity contribution is 9.10. The van der Waals surface area contributed by atoms with Crippen LogP contribution in [-0.2, 0) is 14.3 Å². The second-order valence-electron chi connectivity index (χ2n) is 7.74. The van der Waals surface area contributed by atoms with Crippen LogP contribution in [0.25, 0.3) is 0 Å². The Balaban J connectivity index is 1.85. The molecule has 0 fully saturated rings. The quantitative estimate of drug-likeness (QED) is 0.124. The van der Waals surface area contributed by atoms with Crippen molar-refractivity contribution in [3.8, 4) is 5.75 Å². The second kappa shape index (κ2) is 13.7. The maximum Gasteiger partial charge on any atom is 0.412 e. The number of amides is 2. The Morgan fingerprint density at radius 1 is 1.11 bits per heavy atom. The van der Waals surface area contributed by atoms with Gasteiger partial charge in [-0.1, -0.05) is 28.1 Å². The number of carbonyl (C=O) groups is 2. The first-order valence-corrected chi connectivity index (χ1v) is 13.4. The number of nitrogens with two attached hydrogens (primary N) is 1. The van der Waals surface area contributed by atoms with Crippen LogP contribution in [0.2, 0.25) is 0 Å². The summed E-state index contributed by atoms with van der Waals surface area (Å²) in [6, 6.07) is 18.9. The molecule has 5 N–H and O–H groups in total. The lowest BCUT2D eigenvalue weighted by molar-refractivity contribution is -0.112. The standard InChI is InChI=1S/C27H28BrN3O5S/c1-3-35-24(14-15-25(33)31-22-7-5-4-6-21(22)29)26(20-16-17(28)8-13-23(20)32)36-27(34)30-18-9-11-19(37-2)12-10-18/h4-16,24,26,32H,3,29H2,1-2H3,(H,30,34)(H,31,33)/b15-14+/t24-,26-/m1/s1. The van der Waals surface area contributed by atoms with E-state index in [2.05, 4.69) is 26.6 Å². The van der Waals surface area contributed by atoms with E-state index in [0.29, 0.717) is 27.1 Å². The molecule has 0 aliphatic carbocycles. The van der Waals surface area contributed by atoms with E-state index in [0.717, 1.165) is 4.90 Å². The summed E-state index contributed by atoms with van der Waals surface area (Å²) in [5.41, 5.74) is 7.64. The number of thioether (sulfide) groups is 1. The monoisotopic (exact) mass is 585 g/mol. The van der Waals surface area contributed by atoms with Gasteiger partial charge in [0, 0.05) is 33.3 Å². The van der Waals surface area contributed by atoms with Crippen LogP contribution in [-0.4, -0.2) is 36.1 Å². The Morgan fingerprint density at radius 3 is 2.51 bits per heavy atom. The first kappa shape index (κ1) is 28.1. The van der Waals surface area contributed by atoms with Crippen LogP contribution < -0.4 is 16.4 Å². The van der Waals surface area contributed by atoms with E-state index in [9.17, 15) is 14.7 Å². The maximum atomic E-state index is 12.9. The van der Waals surface area contributed by atoms with Gasteiger partial charge in [-0.3, -0.25) is 10.1 Å². The number of para-hydroxylation sites is 2. The van der Waals surface area contributed by atoms with Crippen molar-refractivity contribution in [2.24, 2.45) is 0 Å². The van der Waals surface area contributed by atoms with E-state index in [-0.39, 0.29) is 12.4 Å². The fraction of sp³-hybridized carbons (Fsp3) is 0.185. The molecule has 3 rings (SSSR count). The molecule has 0 aliphatic heterocycles. The molecular formula is C27H28BrN3O5S. The minimum Gasteiger partial charge on any atom is -0.508 e. The topological polar surface area (TPSA) is 123 Å². The fourth-order valence-corrected chi connectivity index (χ4v) is 4.19. The molecule has 0 aliphatic rings. The number of phenolic OH excluding ortho intramolecular Hbond substituents is 1. The summed E-state index contributed by atoms with van der Waals surface area (Å²) in [6.45, 7) is 2.03. The third-order valence-electron chi connectivity index (χ3n) is 5.18. The molecular weight excluding hydrogens is 558 g/mol. The van der Waals surface area contributed by atoms with Crippen LogP contribution >= 0.6 is 27.7 Å². The molecule has 194 valence electrons. The summed E-state index contributed by atoms with van der Waals surface area (Å²) in [4.78, 5) is 26.5. The average Bonchev–Trinajstić information content (AvgIpc) is 2.88. The van der Waals surface area contributed by atoms with Crippen LogP contribution in [0.1, 0.15) is 18.6 Å². The SMILES string of the molecule is CCO[C@H](/C=C/C(=O)Nc1ccccc1N)[C@H](OC(=O)Nc1ccc(SC)cc1)c1cc(Br)ccc1O. The van der Waals surface area contributed by atoms with E-state index in [4.69, 9.17) is 15.2 Å². The van der Waals surface area contributed by atoms with Crippen molar-refractivity contribution >= 4 is 56.8 Å². The van der Waals surface area contributed by atoms with Crippen molar-refractivity contribution in [2.45, 2.75) is 24.0 Å². The molecule has 0 radical (unpaired) electrons. The van der Waals surface area contributed by atoms with Gasteiger partial charge in [0.2, 0.25) is 5.91 Å². The van der Waals surface area contributed by atoms with Crippen molar-refractivity contribution in [3.05, 3.63) is 88.9 Å². The van der Waals surface area contributed by atoms with Crippen LogP contribution in [0, 0.1) is 0 Å². The minimum atomic E-state index is -1.08. The number of ether oxygens (including phenoxy) is 2. The zero-order chi connectivity index (χ0) is 26.8. The zero-order valence-corrected chi connectivity index (χ0v) is 22.7. The summed E-state index contributed by atoms with van der Waals surface area (Å²) >= 11 is 4.97. The van der Waals surface area contributed by atoms with Crippen molar-refractivity contribution in [2.75, 3.05) is 29.2 Å². The molecule has 2 atom stereocenters. The number of nitrogens with one attached hydrogen (secondary N) is 2. The number of nitrogen functional groups attached to an aromatic ring is 1. The third kappa shape index (κ3) is 8.28. The number of rotatable bonds is 10. The van der Waals surface area contributed by atoms with Gasteiger partial charge in [0.1, 0.15) is 11.9 Å². The molecule has 0 bridgehead atoms. The summed E-state index contributed by atoms with van der Waals surface area (Å²) < 4.78 is 12.3. The number of hydrogen-bond donors (Lipinski definition) is 4. The van der Waals surface area contributed by atoms with Gasteiger partial charge in [0.25, 0.3) is 0 Å². The molecule has 0 spiro atoms. The lowest BCUT2D eigenvalue weighted by Gasteiger charge is -2.26. The third-order valence-corrected chi connectivity index (χ3v) is 6.42. The number of phenols is 1. The van der Waals surface area contributed by atoms with E-state index >= 15 is 0 Å². The zero-order valence-electron chi connectivity index (χ0n) is 20.3. The highest BCUT2D eigenvalue weighted by atomic mass is 79.9. The van der Waals surface area contributed by atoms with Crippen molar-refractivity contribution < 1.29 is 24.2 Å². The van der Waals surface area contributed by atoms with Gasteiger partial charge in [-0.05, 0) is 73.9 Å². The lowest BCUT2D eigenvalue weighted by Crippen LogP contribution is -2.28. The highest BCUT2D eigenvalue weighted by Crippen LogP contribution is 2.34. The fourth-order valence-electron chi connectivity index (χ4n) is 3.40. The molecule has 3 aromatic rings. The number of hydrogen-bond acceptors (Lipinski definition) is 7. The van der Waals surface area contributed by atoms with Crippen LogP contribution in [0.15, 0.2) is 88.3 Å². The van der Waals surface area contributed by atoms with Crippen LogP contribution in [0.3, 0.4) is 0 Å². The molecule has 0 aromatic heterocycles. The first-order chi connectivity index (χ1) is 17.8. The average molecular weight is 587 g/mol. The van der Waals surface area contributed by atoms with Gasteiger partial charge in [0.05, 0.1) is 11.4 Å². The maximum absolute atomic E-state index is 12.9. The van der Waals surface area contributed by atoms with Gasteiger partial charge in [-0.2, -0.15) is 0 Å². The number of carbonyl (C=O) groups excluding carboxylic acids is 2. The van der Waals surface area contributed by atoms with Gasteiger partial charge in [0.15, 0.2) is 6.10 Å². The normalized spacial score (nSPS) is 12.6. The molecule has 2 amide bonds. The molecule has 0 unspecified atom stereocenters. The number of aromatic hydroxyl groups is 1. The number of halogens is 1. The van der Waals surface area contributed by atoms with Crippen molar-refractivity contribution in [3.63, 3.8) is 0 Å². The van der Waals surface area contributed by atoms with Gasteiger partial charge >= 0.3 is 6.09 Å². The minimum absolute atomic E-state index is 0.0927. The Bertz CT molecular complexity index is 1250. The van der Waals surface area contributed by atoms with E-state index < -0.39 is 24.2 Å². The Kier molecular flexibility index (Phi) is 10.4. The smallest absolute Gasteiger partial charge is 0.412 e. The van der Waals surface area contributed by atoms with Gasteiger partial charge in [-0.25, -0.2) is 4.79 Å². The van der Waals surface area contributed by atoms with Crippen LogP contribution in [0.5, 0.6) is 5.75 Å². The summed E-state index contributed by atoms with van der Waals surface area (Å²) in [5.74, 6) is -0.539. The molecule has 37 heavy (non-hydrogen) atoms.